The lowest BCUT2D eigenvalue weighted by Crippen LogP contribution is -2.40. The number of hydrogen-bond donors (Lipinski definition) is 1. The number of morpholine rings is 1. The Morgan fingerprint density at radius 2 is 1.79 bits per heavy atom. The number of halogens is 3. The van der Waals surface area contributed by atoms with Gasteiger partial charge < -0.3 is 19.5 Å². The number of nitrogens with zero attached hydrogens (tertiary/aromatic N) is 1. The first kappa shape index (κ1) is 22.5. The van der Waals surface area contributed by atoms with Crippen molar-refractivity contribution in [1.82, 2.24) is 10.2 Å². The van der Waals surface area contributed by atoms with Crippen LogP contribution in [0.5, 0.6) is 11.5 Å². The molecule has 1 aliphatic rings. The third kappa shape index (κ3) is 6.38. The quantitative estimate of drug-likeness (QED) is 0.553. The van der Waals surface area contributed by atoms with Crippen molar-refractivity contribution in [3.8, 4) is 11.5 Å². The van der Waals surface area contributed by atoms with Gasteiger partial charge in [-0.15, -0.1) is 0 Å². The fourth-order valence-electron chi connectivity index (χ4n) is 3.12. The van der Waals surface area contributed by atoms with E-state index in [4.69, 9.17) is 49.0 Å². The van der Waals surface area contributed by atoms with Gasteiger partial charge in [0.1, 0.15) is 6.61 Å². The SMILES string of the molecule is COc1cc(CNCCN2CCOCC2)cc(Cl)c1OCc1c(Cl)cccc1Cl. The first-order valence-electron chi connectivity index (χ1n) is 9.51. The number of hydrogen-bond acceptors (Lipinski definition) is 5. The Hall–Kier alpha value is -1.21. The largest absolute Gasteiger partial charge is 0.493 e. The van der Waals surface area contributed by atoms with Gasteiger partial charge in [-0.3, -0.25) is 4.90 Å². The maximum Gasteiger partial charge on any atom is 0.180 e. The second-order valence-corrected chi connectivity index (χ2v) is 7.95. The lowest BCUT2D eigenvalue weighted by Gasteiger charge is -2.26. The molecule has 0 aromatic heterocycles. The minimum absolute atomic E-state index is 0.200. The van der Waals surface area contributed by atoms with E-state index in [9.17, 15) is 0 Å². The van der Waals surface area contributed by atoms with Crippen LogP contribution in [0.1, 0.15) is 11.1 Å². The minimum Gasteiger partial charge on any atom is -0.493 e. The molecule has 0 radical (unpaired) electrons. The minimum atomic E-state index is 0.200. The van der Waals surface area contributed by atoms with Crippen molar-refractivity contribution in [2.45, 2.75) is 13.2 Å². The molecule has 0 atom stereocenters. The molecule has 0 bridgehead atoms. The van der Waals surface area contributed by atoms with E-state index < -0.39 is 0 Å². The van der Waals surface area contributed by atoms with Crippen LogP contribution >= 0.6 is 34.8 Å². The average Bonchev–Trinajstić information content (AvgIpc) is 2.72. The molecule has 1 heterocycles. The highest BCUT2D eigenvalue weighted by atomic mass is 35.5. The Bertz CT molecular complexity index is 794. The molecule has 0 unspecified atom stereocenters. The van der Waals surface area contributed by atoms with E-state index in [1.165, 1.54) is 0 Å². The molecule has 0 amide bonds. The Balaban J connectivity index is 1.58. The fourth-order valence-corrected chi connectivity index (χ4v) is 3.92. The molecule has 2 aromatic rings. The van der Waals surface area contributed by atoms with E-state index in [1.807, 2.05) is 12.1 Å². The van der Waals surface area contributed by atoms with Crippen LogP contribution in [0, 0.1) is 0 Å². The van der Waals surface area contributed by atoms with E-state index >= 15 is 0 Å². The highest BCUT2D eigenvalue weighted by molar-refractivity contribution is 6.36. The molecule has 1 saturated heterocycles. The zero-order valence-electron chi connectivity index (χ0n) is 16.3. The summed E-state index contributed by atoms with van der Waals surface area (Å²) in [5.74, 6) is 1.05. The van der Waals surface area contributed by atoms with Gasteiger partial charge in [-0.25, -0.2) is 0 Å². The number of methoxy groups -OCH3 is 1. The molecule has 1 aliphatic heterocycles. The van der Waals surface area contributed by atoms with Crippen LogP contribution in [-0.4, -0.2) is 51.4 Å². The Morgan fingerprint density at radius 1 is 1.07 bits per heavy atom. The first-order chi connectivity index (χ1) is 14.1. The predicted molar refractivity (Wildman–Crippen MR) is 118 cm³/mol. The monoisotopic (exact) mass is 458 g/mol. The molecular weight excluding hydrogens is 435 g/mol. The normalized spacial score (nSPS) is 14.8. The first-order valence-corrected chi connectivity index (χ1v) is 10.6. The van der Waals surface area contributed by atoms with Gasteiger partial charge in [-0.2, -0.15) is 0 Å². The number of ether oxygens (including phenoxy) is 3. The van der Waals surface area contributed by atoms with Gasteiger partial charge in [0.2, 0.25) is 0 Å². The second-order valence-electron chi connectivity index (χ2n) is 6.73. The lowest BCUT2D eigenvalue weighted by atomic mass is 10.2. The van der Waals surface area contributed by atoms with Crippen LogP contribution in [0.15, 0.2) is 30.3 Å². The summed E-state index contributed by atoms with van der Waals surface area (Å²) in [4.78, 5) is 2.39. The molecule has 0 saturated carbocycles. The zero-order chi connectivity index (χ0) is 20.6. The molecule has 0 spiro atoms. The highest BCUT2D eigenvalue weighted by Gasteiger charge is 2.15. The van der Waals surface area contributed by atoms with Crippen LogP contribution in [0.4, 0.5) is 0 Å². The molecule has 8 heteroatoms. The molecule has 5 nitrogen and oxygen atoms in total. The standard InChI is InChI=1S/C21H25Cl3N2O3/c1-27-20-12-15(13-25-5-6-26-7-9-28-10-8-26)11-19(24)21(20)29-14-16-17(22)3-2-4-18(16)23/h2-4,11-12,25H,5-10,13-14H2,1H3. The molecule has 2 aromatic carbocycles. The summed E-state index contributed by atoms with van der Waals surface area (Å²) in [5.41, 5.74) is 1.74. The van der Waals surface area contributed by atoms with Crippen molar-refractivity contribution in [2.75, 3.05) is 46.5 Å². The fraction of sp³-hybridized carbons (Fsp3) is 0.429. The predicted octanol–water partition coefficient (Wildman–Crippen LogP) is 4.66. The van der Waals surface area contributed by atoms with Crippen LogP contribution in [-0.2, 0) is 17.9 Å². The summed E-state index contributed by atoms with van der Waals surface area (Å²) < 4.78 is 16.8. The van der Waals surface area contributed by atoms with E-state index in [-0.39, 0.29) is 6.61 Å². The van der Waals surface area contributed by atoms with Gasteiger partial charge in [0.25, 0.3) is 0 Å². The Labute approximate surface area is 186 Å². The summed E-state index contributed by atoms with van der Waals surface area (Å²) in [6.07, 6.45) is 0. The van der Waals surface area contributed by atoms with Crippen LogP contribution in [0.3, 0.4) is 0 Å². The lowest BCUT2D eigenvalue weighted by molar-refractivity contribution is 0.0384. The number of nitrogens with one attached hydrogen (secondary N) is 1. The molecule has 158 valence electrons. The van der Waals surface area contributed by atoms with Crippen molar-refractivity contribution < 1.29 is 14.2 Å². The van der Waals surface area contributed by atoms with Gasteiger partial charge in [-0.1, -0.05) is 40.9 Å². The summed E-state index contributed by atoms with van der Waals surface area (Å²) in [6, 6.07) is 9.16. The molecule has 0 aliphatic carbocycles. The van der Waals surface area contributed by atoms with Crippen molar-refractivity contribution in [1.29, 1.82) is 0 Å². The number of benzene rings is 2. The van der Waals surface area contributed by atoms with Gasteiger partial charge >= 0.3 is 0 Å². The third-order valence-corrected chi connectivity index (χ3v) is 5.74. The van der Waals surface area contributed by atoms with Gasteiger partial charge in [0.15, 0.2) is 11.5 Å². The van der Waals surface area contributed by atoms with Crippen molar-refractivity contribution in [3.63, 3.8) is 0 Å². The van der Waals surface area contributed by atoms with Crippen molar-refractivity contribution in [2.24, 2.45) is 0 Å². The summed E-state index contributed by atoms with van der Waals surface area (Å²) in [6.45, 7) is 6.38. The molecule has 1 fully saturated rings. The van der Waals surface area contributed by atoms with E-state index in [2.05, 4.69) is 10.2 Å². The molecular formula is C21H25Cl3N2O3. The van der Waals surface area contributed by atoms with Gasteiger partial charge in [0, 0.05) is 48.3 Å². The van der Waals surface area contributed by atoms with E-state index in [1.54, 1.807) is 25.3 Å². The van der Waals surface area contributed by atoms with E-state index in [0.29, 0.717) is 38.7 Å². The molecule has 29 heavy (non-hydrogen) atoms. The van der Waals surface area contributed by atoms with Crippen molar-refractivity contribution >= 4 is 34.8 Å². The van der Waals surface area contributed by atoms with Crippen molar-refractivity contribution in [3.05, 3.63) is 56.5 Å². The Kier molecular flexibility index (Phi) is 8.72. The van der Waals surface area contributed by atoms with Gasteiger partial charge in [-0.05, 0) is 29.8 Å². The molecule has 3 rings (SSSR count). The average molecular weight is 460 g/mol. The Morgan fingerprint density at radius 3 is 2.48 bits per heavy atom. The van der Waals surface area contributed by atoms with Gasteiger partial charge in [0.05, 0.1) is 25.3 Å². The van der Waals surface area contributed by atoms with Crippen LogP contribution in [0.25, 0.3) is 0 Å². The third-order valence-electron chi connectivity index (χ3n) is 4.75. The topological polar surface area (TPSA) is 43.0 Å². The zero-order valence-corrected chi connectivity index (χ0v) is 18.6. The summed E-state index contributed by atoms with van der Waals surface area (Å²) in [7, 11) is 1.59. The van der Waals surface area contributed by atoms with Crippen LogP contribution in [0.2, 0.25) is 15.1 Å². The molecule has 1 N–H and O–H groups in total. The maximum absolute atomic E-state index is 6.47. The second kappa shape index (κ2) is 11.3. The van der Waals surface area contributed by atoms with E-state index in [0.717, 1.165) is 45.0 Å². The highest BCUT2D eigenvalue weighted by Crippen LogP contribution is 2.38. The number of rotatable bonds is 9. The summed E-state index contributed by atoms with van der Waals surface area (Å²) >= 11 is 18.9. The van der Waals surface area contributed by atoms with Crippen LogP contribution < -0.4 is 14.8 Å². The maximum atomic E-state index is 6.47. The smallest absolute Gasteiger partial charge is 0.180 e. The summed E-state index contributed by atoms with van der Waals surface area (Å²) in [5, 5.41) is 5.03.